The molecule has 2 fully saturated rings. The number of carbonyl (C=O) groups is 2. The van der Waals surface area contributed by atoms with E-state index in [9.17, 15) is 14.4 Å². The van der Waals surface area contributed by atoms with Crippen LogP contribution >= 0.6 is 0 Å². The third-order valence-electron chi connectivity index (χ3n) is 10.4. The van der Waals surface area contributed by atoms with Gasteiger partial charge in [-0.1, -0.05) is 25.6 Å². The number of anilines is 1. The topological polar surface area (TPSA) is 112 Å². The number of aromatic nitrogens is 1. The lowest BCUT2D eigenvalue weighted by Gasteiger charge is -2.29. The minimum Gasteiger partial charge on any atom is -0.456 e. The smallest absolute Gasteiger partial charge is 0.256 e. The van der Waals surface area contributed by atoms with Crippen molar-refractivity contribution in [1.29, 1.82) is 0 Å². The van der Waals surface area contributed by atoms with Crippen LogP contribution in [0.1, 0.15) is 56.3 Å². The minimum absolute atomic E-state index is 0. The van der Waals surface area contributed by atoms with Crippen LogP contribution in [0.5, 0.6) is 11.5 Å². The first-order valence-corrected chi connectivity index (χ1v) is 18.0. The highest BCUT2D eigenvalue weighted by molar-refractivity contribution is 6.07. The summed E-state index contributed by atoms with van der Waals surface area (Å²) in [6, 6.07) is 12.5. The molecule has 0 unspecified atom stereocenters. The average Bonchev–Trinajstić information content (AvgIpc) is 3.88. The number of para-hydroxylation sites is 1. The van der Waals surface area contributed by atoms with E-state index in [-0.39, 0.29) is 41.8 Å². The number of fused-ring (bicyclic) bond motifs is 5. The zero-order valence-corrected chi connectivity index (χ0v) is 29.1. The number of hydrogen-bond acceptors (Lipinski definition) is 8. The number of ether oxygens (including phenoxy) is 1. The number of nitrogens with one attached hydrogen (secondary N) is 2. The van der Waals surface area contributed by atoms with Crippen molar-refractivity contribution in [2.45, 2.75) is 52.0 Å². The Labute approximate surface area is 302 Å². The van der Waals surface area contributed by atoms with Crippen LogP contribution < -0.4 is 25.7 Å². The van der Waals surface area contributed by atoms with E-state index in [4.69, 9.17) is 9.15 Å². The van der Waals surface area contributed by atoms with Gasteiger partial charge in [0.1, 0.15) is 27.9 Å². The molecule has 274 valence electrons. The fraction of sp³-hybridized carbons (Fsp3) is 0.425. The fourth-order valence-electron chi connectivity index (χ4n) is 7.78. The van der Waals surface area contributed by atoms with Crippen LogP contribution in [0.15, 0.2) is 57.9 Å². The molecule has 3 aliphatic rings. The SMILES string of the molecule is C.CN(C)CCCCNC(=O)c1cn2c3c(c(N4CC[C@@H](NC(=O)CCN5CCCC5)C4)c(F)cc3c1=O)Oc1cc3c(cc1-2)oc1ccccc13. The van der Waals surface area contributed by atoms with E-state index in [0.717, 1.165) is 49.8 Å². The largest absolute Gasteiger partial charge is 0.456 e. The normalized spacial score (nSPS) is 16.8. The number of nitrogens with zero attached hydrogens (tertiary/aromatic N) is 4. The van der Waals surface area contributed by atoms with Crippen molar-refractivity contribution >= 4 is 50.3 Å². The van der Waals surface area contributed by atoms with Crippen molar-refractivity contribution in [3.05, 3.63) is 70.3 Å². The van der Waals surface area contributed by atoms with E-state index >= 15 is 4.39 Å². The Kier molecular flexibility index (Phi) is 9.95. The average molecular weight is 711 g/mol. The number of unbranched alkanes of at least 4 members (excludes halogenated alkanes) is 1. The molecule has 11 nitrogen and oxygen atoms in total. The molecule has 52 heavy (non-hydrogen) atoms. The molecule has 0 spiro atoms. The number of halogens is 1. The van der Waals surface area contributed by atoms with Crippen LogP contribution in [0.25, 0.3) is 38.5 Å². The first-order chi connectivity index (χ1) is 24.7. The van der Waals surface area contributed by atoms with Crippen molar-refractivity contribution in [2.24, 2.45) is 0 Å². The molecule has 8 rings (SSSR count). The lowest BCUT2D eigenvalue weighted by Crippen LogP contribution is -2.38. The molecule has 3 aromatic carbocycles. The van der Waals surface area contributed by atoms with Crippen molar-refractivity contribution in [2.75, 3.05) is 64.8 Å². The number of pyridine rings is 1. The van der Waals surface area contributed by atoms with Crippen molar-refractivity contribution in [3.63, 3.8) is 0 Å². The molecule has 1 atom stereocenters. The van der Waals surface area contributed by atoms with Crippen LogP contribution in [0.2, 0.25) is 0 Å². The van der Waals surface area contributed by atoms with E-state index < -0.39 is 17.2 Å². The second-order valence-electron chi connectivity index (χ2n) is 14.3. The van der Waals surface area contributed by atoms with Crippen molar-refractivity contribution < 1.29 is 23.1 Å². The summed E-state index contributed by atoms with van der Waals surface area (Å²) in [6.45, 7) is 5.00. The van der Waals surface area contributed by atoms with Crippen LogP contribution in [0.3, 0.4) is 0 Å². The summed E-state index contributed by atoms with van der Waals surface area (Å²) in [5.41, 5.74) is 1.85. The van der Waals surface area contributed by atoms with Gasteiger partial charge in [0, 0.05) is 61.7 Å². The van der Waals surface area contributed by atoms with Gasteiger partial charge in [-0.2, -0.15) is 0 Å². The quantitative estimate of drug-likeness (QED) is 0.157. The molecular weight excluding hydrogens is 663 g/mol. The summed E-state index contributed by atoms with van der Waals surface area (Å²) in [5, 5.41) is 7.83. The Morgan fingerprint density at radius 3 is 2.62 bits per heavy atom. The molecule has 2 aromatic heterocycles. The molecule has 0 saturated carbocycles. The highest BCUT2D eigenvalue weighted by Gasteiger charge is 2.34. The third-order valence-corrected chi connectivity index (χ3v) is 10.4. The second kappa shape index (κ2) is 14.6. The number of carbonyl (C=O) groups excluding carboxylic acids is 2. The summed E-state index contributed by atoms with van der Waals surface area (Å²) >= 11 is 0. The summed E-state index contributed by atoms with van der Waals surface area (Å²) in [6.07, 6.45) is 6.61. The Bertz CT molecular complexity index is 2220. The number of benzene rings is 3. The Morgan fingerprint density at radius 2 is 1.81 bits per heavy atom. The standard InChI is InChI=1S/C39H43FN6O5.CH4/c1-43(2)14-6-5-13-41-39(49)28-23-46-30-21-32-26(25-9-3-4-10-31(25)50-32)20-33(30)51-38-35(46)27(37(28)48)19-29(40)36(38)45-18-11-24(22-45)42-34(47)12-17-44-15-7-8-16-44;/h3-4,9-10,19-21,23-24H,5-8,11-18,22H2,1-2H3,(H,41,49)(H,42,47);1H4/t24-;/m1./s1. The monoisotopic (exact) mass is 710 g/mol. The lowest BCUT2D eigenvalue weighted by atomic mass is 10.0. The van der Waals surface area contributed by atoms with E-state index in [0.29, 0.717) is 60.6 Å². The van der Waals surface area contributed by atoms with Crippen LogP contribution in [0, 0.1) is 5.82 Å². The summed E-state index contributed by atoms with van der Waals surface area (Å²) in [4.78, 5) is 46.6. The molecule has 5 heterocycles. The molecule has 0 aliphatic carbocycles. The van der Waals surface area contributed by atoms with Gasteiger partial charge in [-0.05, 0) is 84.0 Å². The molecule has 0 radical (unpaired) electrons. The predicted molar refractivity (Wildman–Crippen MR) is 203 cm³/mol. The molecule has 3 aliphatic heterocycles. The van der Waals surface area contributed by atoms with Gasteiger partial charge in [0.25, 0.3) is 5.91 Å². The number of rotatable bonds is 11. The Balaban J connectivity index is 0.00000420. The molecular formula is C40H47FN6O5. The Morgan fingerprint density at radius 1 is 1.00 bits per heavy atom. The van der Waals surface area contributed by atoms with Gasteiger partial charge in [-0.15, -0.1) is 0 Å². The molecule has 5 aromatic rings. The third kappa shape index (κ3) is 6.61. The molecule has 2 saturated heterocycles. The second-order valence-corrected chi connectivity index (χ2v) is 14.3. The van der Waals surface area contributed by atoms with Gasteiger partial charge in [-0.3, -0.25) is 14.4 Å². The minimum atomic E-state index is -0.623. The lowest BCUT2D eigenvalue weighted by molar-refractivity contribution is -0.121. The van der Waals surface area contributed by atoms with Gasteiger partial charge in [0.15, 0.2) is 17.3 Å². The molecule has 2 N–H and O–H groups in total. The molecule has 0 bridgehead atoms. The highest BCUT2D eigenvalue weighted by atomic mass is 19.1. The van der Waals surface area contributed by atoms with Gasteiger partial charge < -0.3 is 39.1 Å². The van der Waals surface area contributed by atoms with Crippen molar-refractivity contribution in [3.8, 4) is 17.2 Å². The summed E-state index contributed by atoms with van der Waals surface area (Å²) in [5.74, 6) is -0.491. The Hall–Kier alpha value is -4.94. The van der Waals surface area contributed by atoms with E-state index in [1.165, 1.54) is 25.1 Å². The summed E-state index contributed by atoms with van der Waals surface area (Å²) in [7, 11) is 3.99. The van der Waals surface area contributed by atoms with Crippen LogP contribution in [-0.4, -0.2) is 92.1 Å². The number of hydrogen-bond donors (Lipinski definition) is 2. The summed E-state index contributed by atoms with van der Waals surface area (Å²) < 4.78 is 31.0. The first kappa shape index (κ1) is 35.5. The van der Waals surface area contributed by atoms with E-state index in [2.05, 4.69) is 20.4 Å². The van der Waals surface area contributed by atoms with Gasteiger partial charge in [0.2, 0.25) is 11.3 Å². The van der Waals surface area contributed by atoms with Crippen LogP contribution in [-0.2, 0) is 4.79 Å². The zero-order valence-electron chi connectivity index (χ0n) is 29.1. The van der Waals surface area contributed by atoms with Crippen LogP contribution in [0.4, 0.5) is 10.1 Å². The number of likely N-dealkylation sites (tertiary alicyclic amines) is 1. The fourth-order valence-corrected chi connectivity index (χ4v) is 7.78. The first-order valence-electron chi connectivity index (χ1n) is 18.0. The number of furan rings is 1. The van der Waals surface area contributed by atoms with E-state index in [1.807, 2.05) is 55.4 Å². The number of amides is 2. The van der Waals surface area contributed by atoms with Gasteiger partial charge in [-0.25, -0.2) is 4.39 Å². The maximum Gasteiger partial charge on any atom is 0.256 e. The molecule has 12 heteroatoms. The van der Waals surface area contributed by atoms with Crippen molar-refractivity contribution in [1.82, 2.24) is 25.0 Å². The maximum atomic E-state index is 16.4. The van der Waals surface area contributed by atoms with Gasteiger partial charge >= 0.3 is 0 Å². The predicted octanol–water partition coefficient (Wildman–Crippen LogP) is 6.02. The van der Waals surface area contributed by atoms with Gasteiger partial charge in [0.05, 0.1) is 11.1 Å². The highest BCUT2D eigenvalue weighted by Crippen LogP contribution is 2.49. The maximum absolute atomic E-state index is 16.4. The zero-order chi connectivity index (χ0) is 35.2. The van der Waals surface area contributed by atoms with E-state index in [1.54, 1.807) is 4.57 Å². The molecule has 2 amide bonds.